The van der Waals surface area contributed by atoms with Gasteiger partial charge in [-0.2, -0.15) is 4.98 Å². The first-order chi connectivity index (χ1) is 18.9. The lowest BCUT2D eigenvalue weighted by molar-refractivity contribution is -0.140. The van der Waals surface area contributed by atoms with Crippen LogP contribution in [-0.4, -0.2) is 94.1 Å². The second-order valence-corrected chi connectivity index (χ2v) is 11.1. The van der Waals surface area contributed by atoms with Crippen molar-refractivity contribution in [2.75, 3.05) is 51.1 Å². The SMILES string of the molecule is NC1CCCN(CCc2ccc(-n3ccc(NC(=O)N4CCN(C(=O)C5CC(N)C5)CC4)nc3=O)cc2)CC1. The third-order valence-corrected chi connectivity index (χ3v) is 8.24. The molecule has 0 radical (unpaired) electrons. The van der Waals surface area contributed by atoms with Gasteiger partial charge >= 0.3 is 11.7 Å². The van der Waals surface area contributed by atoms with Crippen LogP contribution < -0.4 is 22.5 Å². The summed E-state index contributed by atoms with van der Waals surface area (Å²) in [5.74, 6) is 0.367. The van der Waals surface area contributed by atoms with Gasteiger partial charge in [0.15, 0.2) is 0 Å². The van der Waals surface area contributed by atoms with E-state index in [1.165, 1.54) is 10.1 Å². The molecule has 11 nitrogen and oxygen atoms in total. The Morgan fingerprint density at radius 3 is 2.31 bits per heavy atom. The molecule has 1 unspecified atom stereocenters. The van der Waals surface area contributed by atoms with Crippen molar-refractivity contribution >= 4 is 17.8 Å². The van der Waals surface area contributed by atoms with Gasteiger partial charge < -0.3 is 26.2 Å². The molecule has 0 spiro atoms. The van der Waals surface area contributed by atoms with Crippen LogP contribution >= 0.6 is 0 Å². The minimum atomic E-state index is -0.462. The summed E-state index contributed by atoms with van der Waals surface area (Å²) in [6.45, 7) is 5.01. The Balaban J connectivity index is 1.11. The van der Waals surface area contributed by atoms with Crippen LogP contribution in [0.5, 0.6) is 0 Å². The van der Waals surface area contributed by atoms with E-state index < -0.39 is 5.69 Å². The number of carbonyl (C=O) groups is 2. The van der Waals surface area contributed by atoms with Crippen molar-refractivity contribution in [3.63, 3.8) is 0 Å². The first-order valence-electron chi connectivity index (χ1n) is 14.1. The van der Waals surface area contributed by atoms with Crippen LogP contribution in [0.1, 0.15) is 37.7 Å². The maximum atomic E-state index is 12.7. The van der Waals surface area contributed by atoms with Crippen LogP contribution in [0.3, 0.4) is 0 Å². The highest BCUT2D eigenvalue weighted by molar-refractivity contribution is 5.88. The standard InChI is InChI=1S/C28H40N8O3/c29-22-2-1-10-33(12-8-22)11-7-20-3-5-24(6-4-20)36-13-9-25(32-28(36)39)31-27(38)35-16-14-34(15-17-35)26(37)21-18-23(30)19-21/h3-6,9,13,21-23H,1-2,7-8,10-12,14-19,29-30H2,(H,31,32,38,39). The molecule has 11 heteroatoms. The van der Waals surface area contributed by atoms with Crippen LogP contribution in [0.25, 0.3) is 5.69 Å². The quantitative estimate of drug-likeness (QED) is 0.500. The summed E-state index contributed by atoms with van der Waals surface area (Å²) in [6.07, 6.45) is 7.38. The summed E-state index contributed by atoms with van der Waals surface area (Å²) in [5, 5.41) is 2.72. The molecule has 3 fully saturated rings. The van der Waals surface area contributed by atoms with Gasteiger partial charge in [0.1, 0.15) is 5.82 Å². The van der Waals surface area contributed by atoms with E-state index in [9.17, 15) is 14.4 Å². The molecular weight excluding hydrogens is 496 g/mol. The molecule has 1 saturated carbocycles. The van der Waals surface area contributed by atoms with E-state index in [2.05, 4.69) is 15.2 Å². The zero-order chi connectivity index (χ0) is 27.4. The number of hydrogen-bond acceptors (Lipinski definition) is 7. The van der Waals surface area contributed by atoms with Crippen LogP contribution in [0, 0.1) is 5.92 Å². The number of rotatable bonds is 6. The van der Waals surface area contributed by atoms with Crippen molar-refractivity contribution in [3.8, 4) is 5.69 Å². The summed E-state index contributed by atoms with van der Waals surface area (Å²) < 4.78 is 1.46. The Morgan fingerprint density at radius 1 is 0.897 bits per heavy atom. The van der Waals surface area contributed by atoms with E-state index in [4.69, 9.17) is 11.5 Å². The molecule has 5 rings (SSSR count). The van der Waals surface area contributed by atoms with Crippen LogP contribution in [-0.2, 0) is 11.2 Å². The second-order valence-electron chi connectivity index (χ2n) is 11.1. The van der Waals surface area contributed by atoms with Gasteiger partial charge in [0.2, 0.25) is 5.91 Å². The van der Waals surface area contributed by atoms with Gasteiger partial charge in [0.05, 0.1) is 5.69 Å². The predicted molar refractivity (Wildman–Crippen MR) is 150 cm³/mol. The minimum absolute atomic E-state index is 0.0244. The lowest BCUT2D eigenvalue weighted by atomic mass is 9.80. The molecule has 2 saturated heterocycles. The molecule has 2 aliphatic heterocycles. The minimum Gasteiger partial charge on any atom is -0.339 e. The Morgan fingerprint density at radius 2 is 1.62 bits per heavy atom. The van der Waals surface area contributed by atoms with Crippen molar-refractivity contribution in [1.29, 1.82) is 0 Å². The molecule has 39 heavy (non-hydrogen) atoms. The largest absolute Gasteiger partial charge is 0.354 e. The van der Waals surface area contributed by atoms with Gasteiger partial charge in [-0.25, -0.2) is 9.59 Å². The normalized spacial score (nSPS) is 24.1. The Bertz CT molecular complexity index is 1200. The molecule has 1 aliphatic carbocycles. The number of amides is 3. The molecule has 1 aromatic carbocycles. The molecule has 0 bridgehead atoms. The van der Waals surface area contributed by atoms with Gasteiger partial charge in [0, 0.05) is 56.9 Å². The van der Waals surface area contributed by atoms with Crippen molar-refractivity contribution in [2.24, 2.45) is 17.4 Å². The molecule has 1 aromatic heterocycles. The molecule has 1 atom stereocenters. The molecular formula is C28H40N8O3. The van der Waals surface area contributed by atoms with E-state index in [0.717, 1.165) is 63.8 Å². The van der Waals surface area contributed by atoms with Crippen LogP contribution in [0.2, 0.25) is 0 Å². The number of hydrogen-bond donors (Lipinski definition) is 3. The fourth-order valence-electron chi connectivity index (χ4n) is 5.63. The van der Waals surface area contributed by atoms with Gasteiger partial charge in [0.25, 0.3) is 0 Å². The van der Waals surface area contributed by atoms with E-state index in [1.54, 1.807) is 17.2 Å². The summed E-state index contributed by atoms with van der Waals surface area (Å²) in [5.41, 5.74) is 13.4. The van der Waals surface area contributed by atoms with Gasteiger partial charge in [-0.15, -0.1) is 0 Å². The number of benzene rings is 1. The molecule has 3 aliphatic rings. The number of nitrogens with two attached hydrogens (primary N) is 2. The van der Waals surface area contributed by atoms with Crippen LogP contribution in [0.15, 0.2) is 41.3 Å². The van der Waals surface area contributed by atoms with E-state index in [0.29, 0.717) is 32.2 Å². The number of nitrogens with one attached hydrogen (secondary N) is 1. The number of anilines is 1. The zero-order valence-electron chi connectivity index (χ0n) is 22.5. The maximum absolute atomic E-state index is 12.7. The smallest absolute Gasteiger partial charge is 0.339 e. The van der Waals surface area contributed by atoms with Crippen molar-refractivity contribution in [1.82, 2.24) is 24.3 Å². The molecule has 210 valence electrons. The lowest BCUT2D eigenvalue weighted by Crippen LogP contribution is -2.55. The summed E-state index contributed by atoms with van der Waals surface area (Å²) in [6, 6.07) is 9.69. The third kappa shape index (κ3) is 6.84. The van der Waals surface area contributed by atoms with Crippen molar-refractivity contribution < 1.29 is 9.59 Å². The van der Waals surface area contributed by atoms with E-state index >= 15 is 0 Å². The average molecular weight is 537 g/mol. The van der Waals surface area contributed by atoms with Crippen molar-refractivity contribution in [2.45, 2.75) is 50.6 Å². The van der Waals surface area contributed by atoms with E-state index in [-0.39, 0.29) is 29.7 Å². The molecule has 3 heterocycles. The molecule has 2 aromatic rings. The van der Waals surface area contributed by atoms with E-state index in [1.807, 2.05) is 29.2 Å². The van der Waals surface area contributed by atoms with Crippen molar-refractivity contribution in [3.05, 3.63) is 52.6 Å². The van der Waals surface area contributed by atoms with Gasteiger partial charge in [-0.05, 0) is 75.4 Å². The number of aromatic nitrogens is 2. The fraction of sp³-hybridized carbons (Fsp3) is 0.571. The number of urea groups is 1. The Labute approximate surface area is 229 Å². The monoisotopic (exact) mass is 536 g/mol. The molecule has 3 amide bonds. The number of nitrogens with zero attached hydrogens (tertiary/aromatic N) is 5. The lowest BCUT2D eigenvalue weighted by Gasteiger charge is -2.39. The average Bonchev–Trinajstić information content (AvgIpc) is 3.14. The highest BCUT2D eigenvalue weighted by Crippen LogP contribution is 2.28. The maximum Gasteiger partial charge on any atom is 0.354 e. The van der Waals surface area contributed by atoms with Crippen LogP contribution in [0.4, 0.5) is 10.6 Å². The highest BCUT2D eigenvalue weighted by atomic mass is 16.2. The summed E-state index contributed by atoms with van der Waals surface area (Å²) >= 11 is 0. The Kier molecular flexibility index (Phi) is 8.59. The summed E-state index contributed by atoms with van der Waals surface area (Å²) in [4.78, 5) is 48.0. The highest BCUT2D eigenvalue weighted by Gasteiger charge is 2.36. The fourth-order valence-corrected chi connectivity index (χ4v) is 5.63. The topological polar surface area (TPSA) is 143 Å². The first kappa shape index (κ1) is 27.3. The third-order valence-electron chi connectivity index (χ3n) is 8.24. The zero-order valence-corrected chi connectivity index (χ0v) is 22.5. The Hall–Kier alpha value is -3.28. The number of likely N-dealkylation sites (tertiary alicyclic amines) is 1. The first-order valence-corrected chi connectivity index (χ1v) is 14.1. The number of carbonyl (C=O) groups excluding carboxylic acids is 2. The predicted octanol–water partition coefficient (Wildman–Crippen LogP) is 1.00. The van der Waals surface area contributed by atoms with Gasteiger partial charge in [-0.1, -0.05) is 12.1 Å². The van der Waals surface area contributed by atoms with Gasteiger partial charge in [-0.3, -0.25) is 14.7 Å². The number of piperazine rings is 1. The summed E-state index contributed by atoms with van der Waals surface area (Å²) in [7, 11) is 0. The molecule has 5 N–H and O–H groups in total. The second kappa shape index (κ2) is 12.3.